The largest absolute Gasteiger partial charge is 0.363 e. The molecule has 4 bridgehead atoms. The molecule has 6 fully saturated rings. The summed E-state index contributed by atoms with van der Waals surface area (Å²) in [6.45, 7) is 21.0. The lowest BCUT2D eigenvalue weighted by molar-refractivity contribution is -0.988. The van der Waals surface area contributed by atoms with Crippen LogP contribution in [0.4, 0.5) is 0 Å². The maximum atomic E-state index is 6.98. The highest BCUT2D eigenvalue weighted by atomic mass is 16.5. The zero-order valence-corrected chi connectivity index (χ0v) is 34.9. The summed E-state index contributed by atoms with van der Waals surface area (Å²) in [7, 11) is 0. The summed E-state index contributed by atoms with van der Waals surface area (Å²) in [5.41, 5.74) is 7.69. The van der Waals surface area contributed by atoms with Gasteiger partial charge in [-0.15, -0.1) is 13.2 Å². The smallest absolute Gasteiger partial charge is 0.135 e. The van der Waals surface area contributed by atoms with Crippen molar-refractivity contribution < 1.29 is 18.4 Å². The van der Waals surface area contributed by atoms with Gasteiger partial charge in [-0.1, -0.05) is 86.7 Å². The maximum Gasteiger partial charge on any atom is 0.135 e. The number of hydrogen-bond acceptors (Lipinski definition) is 4. The number of ether oxygens (including phenoxy) is 2. The van der Waals surface area contributed by atoms with E-state index in [0.717, 1.165) is 56.8 Å². The fraction of sp³-hybridized carbons (Fsp3) is 0.462. The Kier molecular flexibility index (Phi) is 11.4. The molecular weight excluding hydrogens is 713 g/mol. The molecule has 11 rings (SSSR count). The number of aromatic nitrogens is 2. The van der Waals surface area contributed by atoms with E-state index in [0.29, 0.717) is 25.3 Å². The molecule has 6 nitrogen and oxygen atoms in total. The minimum Gasteiger partial charge on any atom is -0.363 e. The van der Waals surface area contributed by atoms with E-state index in [2.05, 4.69) is 112 Å². The number of hydrogen-bond donors (Lipinski definition) is 0. The minimum absolute atomic E-state index is 0.0330. The number of quaternary nitrogens is 2. The highest BCUT2D eigenvalue weighted by molar-refractivity contribution is 5.83. The maximum absolute atomic E-state index is 6.98. The number of piperidine rings is 6. The minimum atomic E-state index is -0.0330. The van der Waals surface area contributed by atoms with Crippen LogP contribution in [0.25, 0.3) is 21.8 Å². The average molecular weight is 777 g/mol. The molecule has 0 spiro atoms. The van der Waals surface area contributed by atoms with Gasteiger partial charge in [-0.25, -0.2) is 0 Å². The zero-order valence-electron chi connectivity index (χ0n) is 34.9. The molecule has 302 valence electrons. The van der Waals surface area contributed by atoms with Crippen LogP contribution in [0.15, 0.2) is 123 Å². The van der Waals surface area contributed by atoms with Gasteiger partial charge in [0.05, 0.1) is 50.4 Å². The molecule has 10 atom stereocenters. The standard InChI is InChI=1S/C52H64N4O2/c1-5-29-57-51(45-21-25-53-47-19-13-11-17-43(45)47)49-31-39-23-27-55(49,33-37(39)7-3)35-41-15-9-10-16-42(41)36-56-28-24-40(38(8-4)34-56)32-50(56)52(58-30-6-2)46-22-26-54-48-20-14-12-18-44(46)48/h5-6,9-22,25-26,37-40,49-52H,1-2,7-8,23-24,27-36H2,3-4H3/q+2/t37-,38-,39-,40-,49+,50+,51-,52-,55-,56-/m0/s1. The predicted octanol–water partition coefficient (Wildman–Crippen LogP) is 10.9. The molecule has 3 aromatic carbocycles. The van der Waals surface area contributed by atoms with Crippen LogP contribution >= 0.6 is 0 Å². The molecule has 0 aliphatic carbocycles. The Morgan fingerprint density at radius 2 is 1.05 bits per heavy atom. The first-order valence-corrected chi connectivity index (χ1v) is 22.4. The van der Waals surface area contributed by atoms with Gasteiger partial charge in [-0.2, -0.15) is 0 Å². The van der Waals surface area contributed by atoms with Crippen molar-refractivity contribution in [3.8, 4) is 0 Å². The Balaban J connectivity index is 1.11. The van der Waals surface area contributed by atoms with Gasteiger partial charge in [0, 0.05) is 71.8 Å². The average Bonchev–Trinajstić information content (AvgIpc) is 3.27. The molecule has 5 aromatic rings. The van der Waals surface area contributed by atoms with Crippen molar-refractivity contribution in [2.24, 2.45) is 23.7 Å². The second-order valence-corrected chi connectivity index (χ2v) is 18.3. The van der Waals surface area contributed by atoms with E-state index in [1.54, 1.807) is 0 Å². The van der Waals surface area contributed by atoms with Crippen molar-refractivity contribution in [3.63, 3.8) is 0 Å². The fourth-order valence-corrected chi connectivity index (χ4v) is 12.7. The van der Waals surface area contributed by atoms with E-state index in [9.17, 15) is 0 Å². The lowest BCUT2D eigenvalue weighted by Crippen LogP contribution is -2.68. The molecule has 2 aromatic heterocycles. The second kappa shape index (κ2) is 16.8. The van der Waals surface area contributed by atoms with Gasteiger partial charge in [0.15, 0.2) is 0 Å². The van der Waals surface area contributed by atoms with Crippen molar-refractivity contribution in [2.75, 3.05) is 39.4 Å². The van der Waals surface area contributed by atoms with Gasteiger partial charge in [-0.05, 0) is 60.1 Å². The lowest BCUT2D eigenvalue weighted by atomic mass is 9.69. The molecule has 0 amide bonds. The number of fused-ring (bicyclic) bond motifs is 8. The zero-order chi connectivity index (χ0) is 39.7. The monoisotopic (exact) mass is 777 g/mol. The van der Waals surface area contributed by atoms with Crippen molar-refractivity contribution in [1.82, 2.24) is 9.97 Å². The van der Waals surface area contributed by atoms with Gasteiger partial charge >= 0.3 is 0 Å². The van der Waals surface area contributed by atoms with Crippen molar-refractivity contribution in [1.29, 1.82) is 0 Å². The first-order valence-electron chi connectivity index (χ1n) is 22.4. The van der Waals surface area contributed by atoms with Crippen LogP contribution in [0, 0.1) is 23.7 Å². The number of nitrogens with zero attached hydrogens (tertiary/aromatic N) is 4. The van der Waals surface area contributed by atoms with Crippen LogP contribution in [-0.2, 0) is 22.6 Å². The third kappa shape index (κ3) is 7.14. The highest BCUT2D eigenvalue weighted by Crippen LogP contribution is 2.52. The summed E-state index contributed by atoms with van der Waals surface area (Å²) in [5, 5.41) is 2.42. The summed E-state index contributed by atoms with van der Waals surface area (Å²) in [6.07, 6.45) is 15.2. The highest BCUT2D eigenvalue weighted by Gasteiger charge is 2.57. The molecule has 6 saturated heterocycles. The SMILES string of the molecule is C=CCO[C@@H](c1ccnc2ccccc12)[C@H]1C[C@@H]2CC[N@@+]1(Cc1ccccc1C[N@@+]13CC[C@@H](C[C@@H]1[C@@H](OCC=C)c1ccnc4ccccc14)[C@@H](CC)C3)C[C@@H]2CC. The van der Waals surface area contributed by atoms with Crippen LogP contribution in [-0.4, -0.2) is 70.4 Å². The first-order chi connectivity index (χ1) is 28.5. The summed E-state index contributed by atoms with van der Waals surface area (Å²) < 4.78 is 16.1. The van der Waals surface area contributed by atoms with E-state index < -0.39 is 0 Å². The second-order valence-electron chi connectivity index (χ2n) is 18.3. The normalized spacial score (nSPS) is 30.0. The van der Waals surface area contributed by atoms with Crippen molar-refractivity contribution in [3.05, 3.63) is 145 Å². The van der Waals surface area contributed by atoms with Gasteiger partial charge in [0.2, 0.25) is 0 Å². The molecule has 6 heteroatoms. The number of benzene rings is 3. The molecule has 0 radical (unpaired) electrons. The van der Waals surface area contributed by atoms with E-state index in [4.69, 9.17) is 19.4 Å². The van der Waals surface area contributed by atoms with Crippen LogP contribution in [0.3, 0.4) is 0 Å². The Labute approximate surface area is 346 Å². The molecular formula is C52H64N4O2+2. The van der Waals surface area contributed by atoms with Crippen molar-refractivity contribution >= 4 is 21.8 Å². The number of para-hydroxylation sites is 2. The van der Waals surface area contributed by atoms with E-state index in [-0.39, 0.29) is 12.2 Å². The first kappa shape index (κ1) is 39.3. The molecule has 8 heterocycles. The van der Waals surface area contributed by atoms with Crippen LogP contribution in [0.2, 0.25) is 0 Å². The molecule has 0 saturated carbocycles. The third-order valence-electron chi connectivity index (χ3n) is 15.5. The van der Waals surface area contributed by atoms with E-state index in [1.165, 1.54) is 97.7 Å². The van der Waals surface area contributed by atoms with Gasteiger partial charge in [0.1, 0.15) is 37.4 Å². The lowest BCUT2D eigenvalue weighted by Gasteiger charge is -2.60. The summed E-state index contributed by atoms with van der Waals surface area (Å²) in [4.78, 5) is 9.55. The van der Waals surface area contributed by atoms with Crippen LogP contribution < -0.4 is 0 Å². The Morgan fingerprint density at radius 3 is 1.48 bits per heavy atom. The fourth-order valence-electron chi connectivity index (χ4n) is 12.7. The Morgan fingerprint density at radius 1 is 0.621 bits per heavy atom. The predicted molar refractivity (Wildman–Crippen MR) is 236 cm³/mol. The third-order valence-corrected chi connectivity index (χ3v) is 15.5. The number of pyridine rings is 2. The quantitative estimate of drug-likeness (QED) is 0.0739. The topological polar surface area (TPSA) is 44.2 Å². The van der Waals surface area contributed by atoms with Gasteiger partial charge in [0.25, 0.3) is 0 Å². The van der Waals surface area contributed by atoms with Crippen LogP contribution in [0.1, 0.15) is 86.8 Å². The Hall–Kier alpha value is -4.20. The van der Waals surface area contributed by atoms with Gasteiger partial charge in [-0.3, -0.25) is 9.97 Å². The van der Waals surface area contributed by atoms with Crippen LogP contribution in [0.5, 0.6) is 0 Å². The summed E-state index contributed by atoms with van der Waals surface area (Å²) in [5.74, 6) is 2.96. The van der Waals surface area contributed by atoms with Gasteiger partial charge < -0.3 is 18.4 Å². The molecule has 6 aliphatic rings. The molecule has 0 unspecified atom stereocenters. The van der Waals surface area contributed by atoms with Crippen molar-refractivity contribution in [2.45, 2.75) is 89.8 Å². The van der Waals surface area contributed by atoms with E-state index in [1.807, 2.05) is 24.5 Å². The Bertz CT molecular complexity index is 2070. The number of rotatable bonds is 16. The molecule has 0 N–H and O–H groups in total. The molecule has 6 aliphatic heterocycles. The summed E-state index contributed by atoms with van der Waals surface area (Å²) in [6, 6.07) is 32.0. The summed E-state index contributed by atoms with van der Waals surface area (Å²) >= 11 is 0. The van der Waals surface area contributed by atoms with E-state index >= 15 is 0 Å². The molecule has 58 heavy (non-hydrogen) atoms.